The lowest BCUT2D eigenvalue weighted by molar-refractivity contribution is -0.136. The number of amides is 1. The number of rotatable bonds is 10. The highest BCUT2D eigenvalue weighted by Gasteiger charge is 2.16. The van der Waals surface area contributed by atoms with E-state index in [1.54, 1.807) is 30.3 Å². The maximum atomic E-state index is 13.3. The molecular formula is C34H29ClFN3O3. The highest BCUT2D eigenvalue weighted by atomic mass is 35.5. The molecule has 6 nitrogen and oxygen atoms in total. The molecule has 42 heavy (non-hydrogen) atoms. The second-order valence-corrected chi connectivity index (χ2v) is 10.7. The van der Waals surface area contributed by atoms with E-state index in [1.165, 1.54) is 12.1 Å². The van der Waals surface area contributed by atoms with Crippen molar-refractivity contribution in [3.8, 4) is 11.3 Å². The molecule has 1 amide bonds. The first-order chi connectivity index (χ1) is 20.2. The maximum absolute atomic E-state index is 13.3. The summed E-state index contributed by atoms with van der Waals surface area (Å²) in [6.07, 6.45) is 2.13. The third-order valence-electron chi connectivity index (χ3n) is 7.06. The zero-order valence-corrected chi connectivity index (χ0v) is 23.7. The van der Waals surface area contributed by atoms with E-state index in [-0.39, 0.29) is 24.2 Å². The van der Waals surface area contributed by atoms with Gasteiger partial charge in [0.05, 0.1) is 34.9 Å². The summed E-state index contributed by atoms with van der Waals surface area (Å²) in [5, 5.41) is 12.7. The molecule has 1 atom stereocenters. The fraction of sp³-hybridized carbons (Fsp3) is 0.176. The van der Waals surface area contributed by atoms with E-state index in [4.69, 9.17) is 26.7 Å². The standard InChI is InChI=1S/C34H29ClFN3O3/c1-21(24-10-15-28(36)16-11-24)37-34(42)26-12-17-29-31(20-26)38-30(33(39-29)25-8-13-27(35)14-9-25)7-3-5-22-4-2-6-23(18-22)19-32(40)41/h2,4,6,8-18,20-21H,3,5,7,19H2,1H3,(H,37,42)(H,40,41)/t21-/m1/s1. The molecule has 5 rings (SSSR count). The number of hydrogen-bond acceptors (Lipinski definition) is 4. The number of fused-ring (bicyclic) bond motifs is 1. The lowest BCUT2D eigenvalue weighted by Gasteiger charge is -2.15. The molecular weight excluding hydrogens is 553 g/mol. The van der Waals surface area contributed by atoms with Gasteiger partial charge < -0.3 is 10.4 Å². The molecule has 1 heterocycles. The Morgan fingerprint density at radius 1 is 0.881 bits per heavy atom. The van der Waals surface area contributed by atoms with Gasteiger partial charge >= 0.3 is 5.97 Å². The third-order valence-corrected chi connectivity index (χ3v) is 7.31. The van der Waals surface area contributed by atoms with Crippen molar-refractivity contribution in [2.45, 2.75) is 38.6 Å². The number of benzene rings is 4. The molecule has 0 aliphatic carbocycles. The van der Waals surface area contributed by atoms with Gasteiger partial charge in [-0.05, 0) is 85.3 Å². The largest absolute Gasteiger partial charge is 0.481 e. The van der Waals surface area contributed by atoms with Gasteiger partial charge in [0.1, 0.15) is 5.82 Å². The first-order valence-corrected chi connectivity index (χ1v) is 14.1. The lowest BCUT2D eigenvalue weighted by Crippen LogP contribution is -2.26. The summed E-state index contributed by atoms with van der Waals surface area (Å²) in [5.41, 5.74) is 6.78. The zero-order chi connectivity index (χ0) is 29.6. The number of carboxylic acid groups (broad SMARTS) is 1. The molecule has 0 unspecified atom stereocenters. The molecule has 0 aliphatic heterocycles. The molecule has 0 saturated carbocycles. The summed E-state index contributed by atoms with van der Waals surface area (Å²) in [6, 6.07) is 26.1. The SMILES string of the molecule is C[C@@H](NC(=O)c1ccc2nc(-c3ccc(Cl)cc3)c(CCCc3cccc(CC(=O)O)c3)nc2c1)c1ccc(F)cc1. The Bertz CT molecular complexity index is 1740. The predicted molar refractivity (Wildman–Crippen MR) is 162 cm³/mol. The number of carboxylic acids is 1. The van der Waals surface area contributed by atoms with Gasteiger partial charge in [0.2, 0.25) is 0 Å². The van der Waals surface area contributed by atoms with E-state index in [0.717, 1.165) is 46.5 Å². The quantitative estimate of drug-likeness (QED) is 0.179. The van der Waals surface area contributed by atoms with Crippen LogP contribution in [-0.4, -0.2) is 27.0 Å². The number of nitrogens with one attached hydrogen (secondary N) is 1. The van der Waals surface area contributed by atoms with E-state index < -0.39 is 5.97 Å². The average Bonchev–Trinajstić information content (AvgIpc) is 2.97. The topological polar surface area (TPSA) is 92.2 Å². The van der Waals surface area contributed by atoms with E-state index in [9.17, 15) is 14.0 Å². The van der Waals surface area contributed by atoms with Crippen LogP contribution in [0.1, 0.15) is 52.1 Å². The molecule has 0 aliphatic rings. The van der Waals surface area contributed by atoms with Gasteiger partial charge in [-0.25, -0.2) is 14.4 Å². The molecule has 0 fully saturated rings. The second-order valence-electron chi connectivity index (χ2n) is 10.2. The van der Waals surface area contributed by atoms with Gasteiger partial charge in [0.25, 0.3) is 5.91 Å². The number of hydrogen-bond donors (Lipinski definition) is 2. The van der Waals surface area contributed by atoms with Crippen LogP contribution in [0.3, 0.4) is 0 Å². The van der Waals surface area contributed by atoms with Crippen molar-refractivity contribution in [2.75, 3.05) is 0 Å². The molecule has 5 aromatic rings. The number of aliphatic carboxylic acids is 1. The van der Waals surface area contributed by atoms with Crippen molar-refractivity contribution in [3.63, 3.8) is 0 Å². The Kier molecular flexibility index (Phi) is 8.88. The molecule has 8 heteroatoms. The first kappa shape index (κ1) is 28.9. The fourth-order valence-electron chi connectivity index (χ4n) is 4.89. The average molecular weight is 582 g/mol. The number of halogens is 2. The molecule has 1 aromatic heterocycles. The Hall–Kier alpha value is -4.62. The van der Waals surface area contributed by atoms with Crippen LogP contribution in [0.4, 0.5) is 4.39 Å². The van der Waals surface area contributed by atoms with Crippen LogP contribution in [0.15, 0.2) is 91.0 Å². The first-order valence-electron chi connectivity index (χ1n) is 13.7. The molecule has 4 aromatic carbocycles. The van der Waals surface area contributed by atoms with E-state index in [1.807, 2.05) is 55.5 Å². The Morgan fingerprint density at radius 2 is 1.62 bits per heavy atom. The van der Waals surface area contributed by atoms with Crippen LogP contribution in [-0.2, 0) is 24.1 Å². The number of nitrogens with zero attached hydrogens (tertiary/aromatic N) is 2. The molecule has 0 saturated heterocycles. The molecule has 0 spiro atoms. The summed E-state index contributed by atoms with van der Waals surface area (Å²) in [6.45, 7) is 1.85. The van der Waals surface area contributed by atoms with Gasteiger partial charge in [-0.2, -0.15) is 0 Å². The van der Waals surface area contributed by atoms with Gasteiger partial charge in [-0.3, -0.25) is 9.59 Å². The van der Waals surface area contributed by atoms with Gasteiger partial charge in [0, 0.05) is 16.1 Å². The number of carbonyl (C=O) groups is 2. The molecule has 0 radical (unpaired) electrons. The van der Waals surface area contributed by atoms with Crippen LogP contribution in [0, 0.1) is 5.82 Å². The van der Waals surface area contributed by atoms with Crippen molar-refractivity contribution in [1.29, 1.82) is 0 Å². The summed E-state index contributed by atoms with van der Waals surface area (Å²) in [4.78, 5) is 34.1. The van der Waals surface area contributed by atoms with E-state index in [0.29, 0.717) is 28.0 Å². The van der Waals surface area contributed by atoms with Crippen LogP contribution in [0.5, 0.6) is 0 Å². The zero-order valence-electron chi connectivity index (χ0n) is 23.0. The maximum Gasteiger partial charge on any atom is 0.307 e. The molecule has 0 bridgehead atoms. The van der Waals surface area contributed by atoms with Crippen molar-refractivity contribution >= 4 is 34.5 Å². The molecule has 212 valence electrons. The van der Waals surface area contributed by atoms with Crippen molar-refractivity contribution in [2.24, 2.45) is 0 Å². The normalized spacial score (nSPS) is 11.8. The monoisotopic (exact) mass is 581 g/mol. The van der Waals surface area contributed by atoms with Crippen LogP contribution in [0.25, 0.3) is 22.3 Å². The number of carbonyl (C=O) groups excluding carboxylic acids is 1. The number of aryl methyl sites for hydroxylation is 2. The Labute approximate surface area is 248 Å². The van der Waals surface area contributed by atoms with Crippen molar-refractivity contribution < 1.29 is 19.1 Å². The van der Waals surface area contributed by atoms with Crippen LogP contribution >= 0.6 is 11.6 Å². The van der Waals surface area contributed by atoms with E-state index >= 15 is 0 Å². The summed E-state index contributed by atoms with van der Waals surface area (Å²) >= 11 is 6.13. The third kappa shape index (κ3) is 7.17. The Balaban J connectivity index is 1.40. The Morgan fingerprint density at radius 3 is 2.36 bits per heavy atom. The van der Waals surface area contributed by atoms with Gasteiger partial charge in [-0.15, -0.1) is 0 Å². The summed E-state index contributed by atoms with van der Waals surface area (Å²) in [5.74, 6) is -1.45. The number of aromatic nitrogens is 2. The second kappa shape index (κ2) is 12.9. The van der Waals surface area contributed by atoms with E-state index in [2.05, 4.69) is 5.32 Å². The van der Waals surface area contributed by atoms with Crippen molar-refractivity contribution in [1.82, 2.24) is 15.3 Å². The lowest BCUT2D eigenvalue weighted by atomic mass is 10.0. The van der Waals surface area contributed by atoms with Crippen molar-refractivity contribution in [3.05, 3.63) is 130 Å². The van der Waals surface area contributed by atoms with Gasteiger partial charge in [-0.1, -0.05) is 60.1 Å². The smallest absolute Gasteiger partial charge is 0.307 e. The predicted octanol–water partition coefficient (Wildman–Crippen LogP) is 7.38. The molecule has 2 N–H and O–H groups in total. The minimum atomic E-state index is -0.857. The van der Waals surface area contributed by atoms with Crippen LogP contribution in [0.2, 0.25) is 5.02 Å². The minimum absolute atomic E-state index is 0.0106. The summed E-state index contributed by atoms with van der Waals surface area (Å²) in [7, 11) is 0. The highest BCUT2D eigenvalue weighted by Crippen LogP contribution is 2.27. The van der Waals surface area contributed by atoms with Crippen LogP contribution < -0.4 is 5.32 Å². The highest BCUT2D eigenvalue weighted by molar-refractivity contribution is 6.30. The minimum Gasteiger partial charge on any atom is -0.481 e. The summed E-state index contributed by atoms with van der Waals surface area (Å²) < 4.78 is 13.3. The fourth-order valence-corrected chi connectivity index (χ4v) is 5.02. The van der Waals surface area contributed by atoms with Gasteiger partial charge in [0.15, 0.2) is 0 Å².